The number of aromatic nitrogens is 2. The van der Waals surface area contributed by atoms with E-state index in [9.17, 15) is 4.79 Å². The molecule has 18 heavy (non-hydrogen) atoms. The summed E-state index contributed by atoms with van der Waals surface area (Å²) in [6, 6.07) is 7.80. The Balaban J connectivity index is 1.83. The third-order valence-corrected chi connectivity index (χ3v) is 2.98. The number of carbonyl (C=O) groups is 1. The number of carbonyl (C=O) groups excluding carboxylic acids is 1. The minimum atomic E-state index is -0.336. The topological polar surface area (TPSA) is 70.1 Å². The molecule has 0 amide bonds. The minimum Gasteiger partial charge on any atom is -0.459 e. The van der Waals surface area contributed by atoms with Crippen LogP contribution in [0.15, 0.2) is 36.7 Å². The van der Waals surface area contributed by atoms with Gasteiger partial charge in [0, 0.05) is 9.77 Å². The molecule has 0 saturated heterocycles. The zero-order valence-electron chi connectivity index (χ0n) is 9.54. The standard InChI is InChI=1S/C12H12IN3O2/c13-10-3-1-9(2-4-10)8-18-12(17)7-16-6-11(14)5-15-16/h1-6H,7-8,14H2. The lowest BCUT2D eigenvalue weighted by Crippen LogP contribution is -2.13. The van der Waals surface area contributed by atoms with Crippen molar-refractivity contribution in [3.63, 3.8) is 0 Å². The summed E-state index contributed by atoms with van der Waals surface area (Å²) in [5.74, 6) is -0.336. The van der Waals surface area contributed by atoms with Gasteiger partial charge in [0.2, 0.25) is 0 Å². The van der Waals surface area contributed by atoms with E-state index in [2.05, 4.69) is 27.7 Å². The van der Waals surface area contributed by atoms with Crippen molar-refractivity contribution in [2.75, 3.05) is 5.73 Å². The first kappa shape index (κ1) is 12.9. The molecule has 0 saturated carbocycles. The van der Waals surface area contributed by atoms with Crippen LogP contribution in [0.4, 0.5) is 5.69 Å². The van der Waals surface area contributed by atoms with E-state index in [1.807, 2.05) is 24.3 Å². The average molecular weight is 357 g/mol. The molecule has 1 aromatic heterocycles. The molecule has 2 rings (SSSR count). The quantitative estimate of drug-likeness (QED) is 0.669. The van der Waals surface area contributed by atoms with Crippen molar-refractivity contribution in [1.82, 2.24) is 9.78 Å². The predicted molar refractivity (Wildman–Crippen MR) is 75.6 cm³/mol. The Morgan fingerprint density at radius 2 is 2.11 bits per heavy atom. The monoisotopic (exact) mass is 357 g/mol. The summed E-state index contributed by atoms with van der Waals surface area (Å²) in [7, 11) is 0. The average Bonchev–Trinajstić information content (AvgIpc) is 2.74. The van der Waals surface area contributed by atoms with Gasteiger partial charge in [-0.05, 0) is 40.3 Å². The lowest BCUT2D eigenvalue weighted by atomic mass is 10.2. The molecule has 0 spiro atoms. The zero-order valence-corrected chi connectivity index (χ0v) is 11.7. The summed E-state index contributed by atoms with van der Waals surface area (Å²) in [4.78, 5) is 11.5. The Morgan fingerprint density at radius 3 is 2.72 bits per heavy atom. The molecule has 1 aromatic carbocycles. The fourth-order valence-electron chi connectivity index (χ4n) is 1.39. The van der Waals surface area contributed by atoms with Crippen molar-refractivity contribution >= 4 is 34.2 Å². The SMILES string of the molecule is Nc1cnn(CC(=O)OCc2ccc(I)cc2)c1. The fraction of sp³-hybridized carbons (Fsp3) is 0.167. The van der Waals surface area contributed by atoms with Crippen LogP contribution in [0.25, 0.3) is 0 Å². The Kier molecular flexibility index (Phi) is 4.19. The van der Waals surface area contributed by atoms with Gasteiger partial charge in [-0.15, -0.1) is 0 Å². The summed E-state index contributed by atoms with van der Waals surface area (Å²) < 4.78 is 7.74. The summed E-state index contributed by atoms with van der Waals surface area (Å²) >= 11 is 2.22. The number of anilines is 1. The van der Waals surface area contributed by atoms with Crippen LogP contribution in [-0.4, -0.2) is 15.7 Å². The minimum absolute atomic E-state index is 0.0710. The number of nitrogens with zero attached hydrogens (tertiary/aromatic N) is 2. The van der Waals surface area contributed by atoms with Gasteiger partial charge in [-0.25, -0.2) is 0 Å². The first-order chi connectivity index (χ1) is 8.63. The van der Waals surface area contributed by atoms with Crippen LogP contribution in [0.1, 0.15) is 5.56 Å². The molecule has 0 atom stereocenters. The molecule has 94 valence electrons. The van der Waals surface area contributed by atoms with Gasteiger partial charge in [-0.1, -0.05) is 12.1 Å². The smallest absolute Gasteiger partial charge is 0.328 e. The van der Waals surface area contributed by atoms with Crippen molar-refractivity contribution < 1.29 is 9.53 Å². The number of benzene rings is 1. The van der Waals surface area contributed by atoms with Crippen LogP contribution < -0.4 is 5.73 Å². The van der Waals surface area contributed by atoms with Crippen LogP contribution >= 0.6 is 22.6 Å². The van der Waals surface area contributed by atoms with E-state index < -0.39 is 0 Å². The third-order valence-electron chi connectivity index (χ3n) is 2.26. The molecule has 5 nitrogen and oxygen atoms in total. The Labute approximate surface area is 118 Å². The van der Waals surface area contributed by atoms with Gasteiger partial charge in [0.25, 0.3) is 0 Å². The van der Waals surface area contributed by atoms with Gasteiger partial charge < -0.3 is 10.5 Å². The molecule has 0 aliphatic rings. The van der Waals surface area contributed by atoms with Crippen molar-refractivity contribution in [1.29, 1.82) is 0 Å². The van der Waals surface area contributed by atoms with E-state index >= 15 is 0 Å². The molecule has 6 heteroatoms. The maximum absolute atomic E-state index is 11.5. The van der Waals surface area contributed by atoms with E-state index in [4.69, 9.17) is 10.5 Å². The molecule has 2 N–H and O–H groups in total. The number of nitrogens with two attached hydrogens (primary N) is 1. The molecule has 0 aliphatic heterocycles. The fourth-order valence-corrected chi connectivity index (χ4v) is 1.75. The van der Waals surface area contributed by atoms with Crippen LogP contribution in [0, 0.1) is 3.57 Å². The van der Waals surface area contributed by atoms with Crippen LogP contribution in [0.3, 0.4) is 0 Å². The Morgan fingerprint density at radius 1 is 1.39 bits per heavy atom. The molecular weight excluding hydrogens is 345 g/mol. The number of esters is 1. The Bertz CT molecular complexity index is 537. The molecule has 0 bridgehead atoms. The van der Waals surface area contributed by atoms with Gasteiger partial charge in [-0.3, -0.25) is 9.48 Å². The lowest BCUT2D eigenvalue weighted by Gasteiger charge is -2.05. The normalized spacial score (nSPS) is 10.3. The van der Waals surface area contributed by atoms with Crippen LogP contribution in [-0.2, 0) is 22.7 Å². The summed E-state index contributed by atoms with van der Waals surface area (Å²) in [5, 5.41) is 3.91. The Hall–Kier alpha value is -1.57. The van der Waals surface area contributed by atoms with Gasteiger partial charge in [0.05, 0.1) is 11.9 Å². The van der Waals surface area contributed by atoms with Crippen molar-refractivity contribution in [2.24, 2.45) is 0 Å². The molecule has 0 fully saturated rings. The van der Waals surface area contributed by atoms with E-state index in [0.717, 1.165) is 9.13 Å². The highest BCUT2D eigenvalue weighted by molar-refractivity contribution is 14.1. The number of halogens is 1. The number of rotatable bonds is 4. The maximum atomic E-state index is 11.5. The van der Waals surface area contributed by atoms with Gasteiger partial charge in [0.15, 0.2) is 0 Å². The second-order valence-corrected chi connectivity index (χ2v) is 5.00. The first-order valence-corrected chi connectivity index (χ1v) is 6.39. The summed E-state index contributed by atoms with van der Waals surface area (Å²) in [6.07, 6.45) is 3.08. The highest BCUT2D eigenvalue weighted by atomic mass is 127. The predicted octanol–water partition coefficient (Wildman–Crippen LogP) is 1.81. The second-order valence-electron chi connectivity index (χ2n) is 3.76. The second kappa shape index (κ2) is 5.85. The molecule has 1 heterocycles. The maximum Gasteiger partial charge on any atom is 0.328 e. The highest BCUT2D eigenvalue weighted by Gasteiger charge is 2.05. The van der Waals surface area contributed by atoms with Crippen molar-refractivity contribution in [3.8, 4) is 0 Å². The highest BCUT2D eigenvalue weighted by Crippen LogP contribution is 2.08. The first-order valence-electron chi connectivity index (χ1n) is 5.31. The zero-order chi connectivity index (χ0) is 13.0. The number of nitrogen functional groups attached to an aromatic ring is 1. The number of ether oxygens (including phenoxy) is 1. The number of hydrogen-bond acceptors (Lipinski definition) is 4. The third kappa shape index (κ3) is 3.73. The van der Waals surface area contributed by atoms with E-state index in [1.54, 1.807) is 6.20 Å². The van der Waals surface area contributed by atoms with E-state index in [-0.39, 0.29) is 19.1 Å². The van der Waals surface area contributed by atoms with E-state index in [0.29, 0.717) is 5.69 Å². The summed E-state index contributed by atoms with van der Waals surface area (Å²) in [6.45, 7) is 0.341. The number of hydrogen-bond donors (Lipinski definition) is 1. The van der Waals surface area contributed by atoms with Gasteiger partial charge >= 0.3 is 5.97 Å². The van der Waals surface area contributed by atoms with Crippen molar-refractivity contribution in [3.05, 3.63) is 45.8 Å². The van der Waals surface area contributed by atoms with Gasteiger partial charge in [0.1, 0.15) is 13.2 Å². The lowest BCUT2D eigenvalue weighted by molar-refractivity contribution is -0.145. The molecule has 2 aromatic rings. The molecule has 0 radical (unpaired) electrons. The summed E-state index contributed by atoms with van der Waals surface area (Å²) in [5.41, 5.74) is 6.99. The molecule has 0 unspecified atom stereocenters. The van der Waals surface area contributed by atoms with E-state index in [1.165, 1.54) is 10.9 Å². The molecule has 0 aliphatic carbocycles. The van der Waals surface area contributed by atoms with Crippen LogP contribution in [0.5, 0.6) is 0 Å². The van der Waals surface area contributed by atoms with Crippen LogP contribution in [0.2, 0.25) is 0 Å². The van der Waals surface area contributed by atoms with Gasteiger partial charge in [-0.2, -0.15) is 5.10 Å². The van der Waals surface area contributed by atoms with Crippen molar-refractivity contribution in [2.45, 2.75) is 13.2 Å². The molecular formula is C12H12IN3O2. The largest absolute Gasteiger partial charge is 0.459 e.